The molecule has 1 amide bonds. The molecule has 2 aliphatic heterocycles. The minimum atomic E-state index is -1.06. The number of carboxylic acids is 1. The molecular formula is C14H20NO3+. The number of carbonyl (C=O) groups excluding carboxylic acids is 1. The van der Waals surface area contributed by atoms with Gasteiger partial charge in [-0.25, -0.2) is 14.1 Å². The average Bonchev–Trinajstić information content (AvgIpc) is 2.58. The lowest BCUT2D eigenvalue weighted by Gasteiger charge is -2.37. The maximum Gasteiger partial charge on any atom is 0.343 e. The highest BCUT2D eigenvalue weighted by atomic mass is 16.4. The van der Waals surface area contributed by atoms with Crippen LogP contribution in [0.15, 0.2) is 23.9 Å². The molecule has 1 unspecified atom stereocenters. The topological polar surface area (TPSA) is 54.4 Å². The number of aliphatic carboxylic acids is 1. The van der Waals surface area contributed by atoms with E-state index in [1.54, 1.807) is 0 Å². The van der Waals surface area contributed by atoms with Crippen molar-refractivity contribution in [1.29, 1.82) is 0 Å². The van der Waals surface area contributed by atoms with Crippen LogP contribution >= 0.6 is 0 Å². The molecule has 0 aromatic heterocycles. The van der Waals surface area contributed by atoms with Crippen molar-refractivity contribution in [2.45, 2.75) is 38.5 Å². The monoisotopic (exact) mass is 250 g/mol. The van der Waals surface area contributed by atoms with Crippen molar-refractivity contribution >= 4 is 11.9 Å². The molecule has 1 fully saturated rings. The Morgan fingerprint density at radius 2 is 1.89 bits per heavy atom. The Hall–Kier alpha value is -1.42. The number of allylic oxidation sites excluding steroid dienone is 2. The number of nitrogens with zero attached hydrogens (tertiary/aromatic N) is 1. The summed E-state index contributed by atoms with van der Waals surface area (Å²) in [5.41, 5.74) is 1.21. The van der Waals surface area contributed by atoms with Gasteiger partial charge in [0.1, 0.15) is 5.70 Å². The van der Waals surface area contributed by atoms with E-state index in [4.69, 9.17) is 5.11 Å². The number of carboxylic acid groups (broad SMARTS) is 1. The fraction of sp³-hybridized carbons (Fsp3) is 0.571. The Bertz CT molecular complexity index is 411. The molecule has 0 aliphatic carbocycles. The van der Waals surface area contributed by atoms with Crippen molar-refractivity contribution in [3.05, 3.63) is 23.9 Å². The number of quaternary nitrogens is 1. The zero-order valence-corrected chi connectivity index (χ0v) is 10.6. The molecular weight excluding hydrogens is 230 g/mol. The number of rotatable bonds is 2. The summed E-state index contributed by atoms with van der Waals surface area (Å²) in [6, 6.07) is 0. The first-order valence-electron chi connectivity index (χ1n) is 6.67. The van der Waals surface area contributed by atoms with Gasteiger partial charge in [0.05, 0.1) is 19.2 Å². The van der Waals surface area contributed by atoms with Crippen molar-refractivity contribution < 1.29 is 19.2 Å². The summed E-state index contributed by atoms with van der Waals surface area (Å²) < 4.78 is 0.379. The minimum absolute atomic E-state index is 0.0646. The zero-order chi connectivity index (χ0) is 13.0. The highest BCUT2D eigenvalue weighted by molar-refractivity contribution is 5.90. The largest absolute Gasteiger partial charge is 0.478 e. The SMILES string of the molecule is O=C(O)/C=C\C(=O)[N+]12CCCC=C1CCCCC2. The molecule has 4 heteroatoms. The third-order valence-corrected chi connectivity index (χ3v) is 3.94. The molecule has 1 atom stereocenters. The van der Waals surface area contributed by atoms with Gasteiger partial charge < -0.3 is 5.11 Å². The summed E-state index contributed by atoms with van der Waals surface area (Å²) in [4.78, 5) is 22.9. The summed E-state index contributed by atoms with van der Waals surface area (Å²) in [6.45, 7) is 1.66. The third-order valence-electron chi connectivity index (χ3n) is 3.94. The molecule has 2 aliphatic rings. The van der Waals surface area contributed by atoms with Gasteiger partial charge in [0.2, 0.25) is 0 Å². The number of amides is 1. The summed E-state index contributed by atoms with van der Waals surface area (Å²) in [5, 5.41) is 8.65. The van der Waals surface area contributed by atoms with Gasteiger partial charge in [-0.15, -0.1) is 0 Å². The van der Waals surface area contributed by atoms with E-state index >= 15 is 0 Å². The van der Waals surface area contributed by atoms with Crippen molar-refractivity contribution in [3.8, 4) is 0 Å². The van der Waals surface area contributed by atoms with E-state index < -0.39 is 5.97 Å². The predicted octanol–water partition coefficient (Wildman–Crippen LogP) is 2.22. The van der Waals surface area contributed by atoms with Crippen LogP contribution < -0.4 is 0 Å². The van der Waals surface area contributed by atoms with Crippen molar-refractivity contribution in [1.82, 2.24) is 0 Å². The molecule has 18 heavy (non-hydrogen) atoms. The van der Waals surface area contributed by atoms with E-state index in [2.05, 4.69) is 6.08 Å². The summed E-state index contributed by atoms with van der Waals surface area (Å²) in [7, 11) is 0. The Labute approximate surface area is 107 Å². The molecule has 1 saturated heterocycles. The first-order chi connectivity index (χ1) is 8.65. The molecule has 4 nitrogen and oxygen atoms in total. The number of carbonyl (C=O) groups is 2. The van der Waals surface area contributed by atoms with E-state index in [0.29, 0.717) is 4.48 Å². The van der Waals surface area contributed by atoms with E-state index in [0.717, 1.165) is 57.7 Å². The lowest BCUT2D eigenvalue weighted by atomic mass is 10.0. The molecule has 0 aromatic carbocycles. The molecule has 0 radical (unpaired) electrons. The van der Waals surface area contributed by atoms with Gasteiger partial charge in [0.25, 0.3) is 0 Å². The third kappa shape index (κ3) is 2.53. The van der Waals surface area contributed by atoms with E-state index in [9.17, 15) is 9.59 Å². The van der Waals surface area contributed by atoms with Crippen molar-refractivity contribution in [2.24, 2.45) is 0 Å². The molecule has 0 aromatic rings. The maximum absolute atomic E-state index is 12.4. The number of fused-ring (bicyclic) bond motifs is 1. The molecule has 0 bridgehead atoms. The van der Waals surface area contributed by atoms with Crippen LogP contribution in [0.25, 0.3) is 0 Å². The van der Waals surface area contributed by atoms with Gasteiger partial charge in [-0.3, -0.25) is 0 Å². The van der Waals surface area contributed by atoms with Crippen LogP contribution in [-0.4, -0.2) is 34.6 Å². The summed E-state index contributed by atoms with van der Waals surface area (Å²) >= 11 is 0. The van der Waals surface area contributed by atoms with E-state index in [1.165, 1.54) is 11.8 Å². The average molecular weight is 250 g/mol. The summed E-state index contributed by atoms with van der Waals surface area (Å²) in [6.07, 6.45) is 10.8. The van der Waals surface area contributed by atoms with E-state index in [-0.39, 0.29) is 5.91 Å². The Balaban J connectivity index is 2.28. The molecule has 0 spiro atoms. The summed E-state index contributed by atoms with van der Waals surface area (Å²) in [5.74, 6) is -1.12. The lowest BCUT2D eigenvalue weighted by molar-refractivity contribution is -0.817. The normalized spacial score (nSPS) is 28.3. The quantitative estimate of drug-likeness (QED) is 0.604. The Kier molecular flexibility index (Phi) is 3.97. The van der Waals surface area contributed by atoms with Crippen molar-refractivity contribution in [3.63, 3.8) is 0 Å². The first-order valence-corrected chi connectivity index (χ1v) is 6.67. The Morgan fingerprint density at radius 1 is 1.11 bits per heavy atom. The van der Waals surface area contributed by atoms with Gasteiger partial charge in [-0.05, 0) is 31.8 Å². The molecule has 98 valence electrons. The first kappa shape index (κ1) is 13.0. The Morgan fingerprint density at radius 3 is 2.67 bits per heavy atom. The fourth-order valence-corrected chi connectivity index (χ4v) is 3.03. The molecule has 1 N–H and O–H groups in total. The molecule has 2 rings (SSSR count). The number of hydrogen-bond donors (Lipinski definition) is 1. The molecule has 2 heterocycles. The second-order valence-corrected chi connectivity index (χ2v) is 5.07. The van der Waals surface area contributed by atoms with Gasteiger partial charge in [-0.2, -0.15) is 0 Å². The van der Waals surface area contributed by atoms with Gasteiger partial charge >= 0.3 is 11.9 Å². The van der Waals surface area contributed by atoms with Crippen molar-refractivity contribution in [2.75, 3.05) is 13.1 Å². The maximum atomic E-state index is 12.4. The molecule has 0 saturated carbocycles. The van der Waals surface area contributed by atoms with Crippen LogP contribution in [0.5, 0.6) is 0 Å². The standard InChI is InChI=1S/C14H19NO3/c16-13(8-9-14(17)18)15-10-4-1-2-6-12(15)7-3-5-11-15/h7-9H,1-6,10-11H2/p+1/b9-8-. The smallest absolute Gasteiger partial charge is 0.343 e. The second kappa shape index (κ2) is 5.48. The van der Waals surface area contributed by atoms with E-state index in [1.807, 2.05) is 0 Å². The predicted molar refractivity (Wildman–Crippen MR) is 67.6 cm³/mol. The zero-order valence-electron chi connectivity index (χ0n) is 10.6. The van der Waals surface area contributed by atoms with Gasteiger partial charge in [0, 0.05) is 18.9 Å². The van der Waals surface area contributed by atoms with Crippen LogP contribution in [0.3, 0.4) is 0 Å². The van der Waals surface area contributed by atoms with Crippen LogP contribution in [0, 0.1) is 0 Å². The number of hydrogen-bond acceptors (Lipinski definition) is 2. The highest BCUT2D eigenvalue weighted by Crippen LogP contribution is 2.33. The van der Waals surface area contributed by atoms with Crippen LogP contribution in [0.2, 0.25) is 0 Å². The van der Waals surface area contributed by atoms with Crippen LogP contribution in [0.4, 0.5) is 0 Å². The fourth-order valence-electron chi connectivity index (χ4n) is 3.03. The minimum Gasteiger partial charge on any atom is -0.478 e. The lowest BCUT2D eigenvalue weighted by Crippen LogP contribution is -2.53. The highest BCUT2D eigenvalue weighted by Gasteiger charge is 2.41. The van der Waals surface area contributed by atoms with Crippen LogP contribution in [-0.2, 0) is 9.59 Å². The van der Waals surface area contributed by atoms with Crippen LogP contribution in [0.1, 0.15) is 38.5 Å². The van der Waals surface area contributed by atoms with Gasteiger partial charge in [-0.1, -0.05) is 0 Å². The second-order valence-electron chi connectivity index (χ2n) is 5.07. The van der Waals surface area contributed by atoms with Gasteiger partial charge in [0.15, 0.2) is 0 Å².